The fourth-order valence-corrected chi connectivity index (χ4v) is 1.47. The first-order valence-electron chi connectivity index (χ1n) is 4.90. The third-order valence-corrected chi connectivity index (χ3v) is 2.39. The zero-order valence-corrected chi connectivity index (χ0v) is 9.88. The van der Waals surface area contributed by atoms with Gasteiger partial charge in [-0.1, -0.05) is 12.1 Å². The molecule has 0 fully saturated rings. The van der Waals surface area contributed by atoms with Gasteiger partial charge >= 0.3 is 0 Å². The Morgan fingerprint density at radius 2 is 1.71 bits per heavy atom. The van der Waals surface area contributed by atoms with Crippen molar-refractivity contribution in [2.75, 3.05) is 11.5 Å². The maximum absolute atomic E-state index is 12.7. The van der Waals surface area contributed by atoms with Gasteiger partial charge in [-0.25, -0.2) is 4.39 Å². The number of aromatic nitrogens is 1. The fraction of sp³-hybridized carbons (Fsp3) is 0.0833. The number of anilines is 2. The van der Waals surface area contributed by atoms with Gasteiger partial charge in [0.15, 0.2) is 0 Å². The molecule has 2 rings (SSSR count). The highest BCUT2D eigenvalue weighted by molar-refractivity contribution is 5.85. The first kappa shape index (κ1) is 13.3. The molecule has 0 aliphatic heterocycles. The first-order chi connectivity index (χ1) is 7.66. The van der Waals surface area contributed by atoms with Crippen molar-refractivity contribution in [3.63, 3.8) is 0 Å². The summed E-state index contributed by atoms with van der Waals surface area (Å²) in [6, 6.07) is 7.90. The van der Waals surface area contributed by atoms with Crippen molar-refractivity contribution in [2.24, 2.45) is 0 Å². The molecule has 0 bridgehead atoms. The molecule has 5 heteroatoms. The molecule has 0 radical (unpaired) electrons. The third-order valence-electron chi connectivity index (χ3n) is 2.39. The van der Waals surface area contributed by atoms with Crippen LogP contribution < -0.4 is 11.5 Å². The maximum Gasteiger partial charge on any atom is 0.123 e. The van der Waals surface area contributed by atoms with Gasteiger partial charge in [0, 0.05) is 12.6 Å². The predicted octanol–water partition coefficient (Wildman–Crippen LogP) is 2.40. The Labute approximate surface area is 105 Å². The molecule has 0 saturated carbocycles. The van der Waals surface area contributed by atoms with Crippen LogP contribution in [0.4, 0.5) is 15.8 Å². The molecule has 4 N–H and O–H groups in total. The molecule has 3 nitrogen and oxygen atoms in total. The van der Waals surface area contributed by atoms with Crippen molar-refractivity contribution < 1.29 is 4.39 Å². The Kier molecular flexibility index (Phi) is 4.29. The minimum absolute atomic E-state index is 0. The van der Waals surface area contributed by atoms with Crippen LogP contribution in [0.5, 0.6) is 0 Å². The van der Waals surface area contributed by atoms with Crippen LogP contribution in [0.25, 0.3) is 0 Å². The predicted molar refractivity (Wildman–Crippen MR) is 69.5 cm³/mol. The molecular formula is C12H13ClFN3. The van der Waals surface area contributed by atoms with E-state index in [-0.39, 0.29) is 18.2 Å². The molecule has 1 aromatic heterocycles. The van der Waals surface area contributed by atoms with Crippen LogP contribution in [0.3, 0.4) is 0 Å². The lowest BCUT2D eigenvalue weighted by molar-refractivity contribution is 0.627. The normalized spacial score (nSPS) is 9.71. The van der Waals surface area contributed by atoms with Crippen LogP contribution in [0.15, 0.2) is 36.5 Å². The van der Waals surface area contributed by atoms with Gasteiger partial charge in [0.05, 0.1) is 17.1 Å². The molecule has 2 aromatic rings. The number of nitrogens with two attached hydrogens (primary N) is 2. The second kappa shape index (κ2) is 5.50. The van der Waals surface area contributed by atoms with Gasteiger partial charge in [-0.3, -0.25) is 4.98 Å². The minimum Gasteiger partial charge on any atom is -0.397 e. The zero-order chi connectivity index (χ0) is 11.5. The molecule has 1 heterocycles. The molecular weight excluding hydrogens is 241 g/mol. The highest BCUT2D eigenvalue weighted by atomic mass is 35.5. The second-order valence-corrected chi connectivity index (χ2v) is 3.56. The molecule has 0 saturated heterocycles. The summed E-state index contributed by atoms with van der Waals surface area (Å²) in [7, 11) is 0. The lowest BCUT2D eigenvalue weighted by atomic mass is 10.1. The van der Waals surface area contributed by atoms with Crippen molar-refractivity contribution in [3.05, 3.63) is 53.6 Å². The van der Waals surface area contributed by atoms with Crippen LogP contribution in [0, 0.1) is 5.82 Å². The number of pyridine rings is 1. The molecule has 0 aliphatic carbocycles. The SMILES string of the molecule is Cl.Nc1ccnc(Cc2ccc(F)cc2)c1N. The standard InChI is InChI=1S/C12H12FN3.ClH/c13-9-3-1-8(2-4-9)7-11-12(15)10(14)5-6-16-11;/h1-6H,7,15H2,(H2,14,16);1H. The maximum atomic E-state index is 12.7. The highest BCUT2D eigenvalue weighted by Gasteiger charge is 2.05. The number of nitrogens with zero attached hydrogens (tertiary/aromatic N) is 1. The van der Waals surface area contributed by atoms with Gasteiger partial charge in [-0.15, -0.1) is 12.4 Å². The van der Waals surface area contributed by atoms with E-state index in [2.05, 4.69) is 4.98 Å². The molecule has 0 aliphatic rings. The van der Waals surface area contributed by atoms with Gasteiger partial charge in [0.1, 0.15) is 5.82 Å². The van der Waals surface area contributed by atoms with Crippen molar-refractivity contribution in [2.45, 2.75) is 6.42 Å². The second-order valence-electron chi connectivity index (χ2n) is 3.56. The van der Waals surface area contributed by atoms with E-state index in [0.29, 0.717) is 23.5 Å². The molecule has 90 valence electrons. The van der Waals surface area contributed by atoms with Crippen LogP contribution >= 0.6 is 12.4 Å². The van der Waals surface area contributed by atoms with Crippen molar-refractivity contribution >= 4 is 23.8 Å². The van der Waals surface area contributed by atoms with E-state index in [4.69, 9.17) is 11.5 Å². The quantitative estimate of drug-likeness (QED) is 0.864. The van der Waals surface area contributed by atoms with Gasteiger partial charge in [-0.05, 0) is 23.8 Å². The number of benzene rings is 1. The first-order valence-corrected chi connectivity index (χ1v) is 4.90. The van der Waals surface area contributed by atoms with E-state index in [9.17, 15) is 4.39 Å². The van der Waals surface area contributed by atoms with Gasteiger partial charge in [0.25, 0.3) is 0 Å². The molecule has 17 heavy (non-hydrogen) atoms. The van der Waals surface area contributed by atoms with E-state index >= 15 is 0 Å². The average Bonchev–Trinajstić information content (AvgIpc) is 2.28. The Morgan fingerprint density at radius 3 is 2.35 bits per heavy atom. The van der Waals surface area contributed by atoms with E-state index < -0.39 is 0 Å². The van der Waals surface area contributed by atoms with Crippen LogP contribution in [-0.4, -0.2) is 4.98 Å². The molecule has 0 unspecified atom stereocenters. The number of hydrogen-bond acceptors (Lipinski definition) is 3. The monoisotopic (exact) mass is 253 g/mol. The lowest BCUT2D eigenvalue weighted by Crippen LogP contribution is -2.02. The summed E-state index contributed by atoms with van der Waals surface area (Å²) in [5.74, 6) is -0.253. The Morgan fingerprint density at radius 1 is 1.06 bits per heavy atom. The van der Waals surface area contributed by atoms with Crippen molar-refractivity contribution in [1.29, 1.82) is 0 Å². The van der Waals surface area contributed by atoms with E-state index in [1.165, 1.54) is 12.1 Å². The van der Waals surface area contributed by atoms with Gasteiger partial charge in [-0.2, -0.15) is 0 Å². The van der Waals surface area contributed by atoms with Crippen LogP contribution in [0.1, 0.15) is 11.3 Å². The van der Waals surface area contributed by atoms with Crippen molar-refractivity contribution in [1.82, 2.24) is 4.98 Å². The van der Waals surface area contributed by atoms with Crippen LogP contribution in [0.2, 0.25) is 0 Å². The highest BCUT2D eigenvalue weighted by Crippen LogP contribution is 2.19. The summed E-state index contributed by atoms with van der Waals surface area (Å²) in [5.41, 5.74) is 14.1. The summed E-state index contributed by atoms with van der Waals surface area (Å²) >= 11 is 0. The molecule has 0 spiro atoms. The number of hydrogen-bond donors (Lipinski definition) is 2. The number of halogens is 2. The van der Waals surface area contributed by atoms with E-state index in [1.807, 2.05) is 0 Å². The summed E-state index contributed by atoms with van der Waals surface area (Å²) in [6.07, 6.45) is 2.17. The van der Waals surface area contributed by atoms with E-state index in [0.717, 1.165) is 5.56 Å². The Hall–Kier alpha value is -1.81. The third kappa shape index (κ3) is 3.07. The number of nitrogen functional groups attached to an aromatic ring is 2. The Bertz CT molecular complexity index is 500. The average molecular weight is 254 g/mol. The summed E-state index contributed by atoms with van der Waals surface area (Å²) in [5, 5.41) is 0. The topological polar surface area (TPSA) is 64.9 Å². The summed E-state index contributed by atoms with van der Waals surface area (Å²) < 4.78 is 12.7. The van der Waals surface area contributed by atoms with Crippen molar-refractivity contribution in [3.8, 4) is 0 Å². The number of rotatable bonds is 2. The summed E-state index contributed by atoms with van der Waals surface area (Å²) in [4.78, 5) is 4.16. The van der Waals surface area contributed by atoms with E-state index in [1.54, 1.807) is 24.4 Å². The molecule has 1 aromatic carbocycles. The zero-order valence-electron chi connectivity index (χ0n) is 9.06. The fourth-order valence-electron chi connectivity index (χ4n) is 1.47. The van der Waals surface area contributed by atoms with Crippen LogP contribution in [-0.2, 0) is 6.42 Å². The minimum atomic E-state index is -0.253. The lowest BCUT2D eigenvalue weighted by Gasteiger charge is -2.06. The molecule has 0 amide bonds. The largest absolute Gasteiger partial charge is 0.397 e. The van der Waals surface area contributed by atoms with Gasteiger partial charge in [0.2, 0.25) is 0 Å². The molecule has 0 atom stereocenters. The van der Waals surface area contributed by atoms with Gasteiger partial charge < -0.3 is 11.5 Å². The summed E-state index contributed by atoms with van der Waals surface area (Å²) in [6.45, 7) is 0. The Balaban J connectivity index is 0.00000144. The smallest absolute Gasteiger partial charge is 0.123 e.